The molecule has 0 saturated carbocycles. The Balaban J connectivity index is 2.12. The van der Waals surface area contributed by atoms with Crippen LogP contribution in [0, 0.1) is 6.92 Å². The second-order valence-corrected chi connectivity index (χ2v) is 4.02. The maximum Gasteiger partial charge on any atom is 0.203 e. The lowest BCUT2D eigenvalue weighted by Crippen LogP contribution is -2.29. The lowest BCUT2D eigenvalue weighted by molar-refractivity contribution is -0.578. The minimum Gasteiger partial charge on any atom is -0.168 e. The molecule has 1 aromatic heterocycles. The van der Waals surface area contributed by atoms with Gasteiger partial charge in [-0.25, -0.2) is 0 Å². The number of benzene rings is 1. The Labute approximate surface area is 102 Å². The van der Waals surface area contributed by atoms with Crippen LogP contribution in [0.2, 0.25) is 0 Å². The molecule has 0 saturated heterocycles. The number of aromatic nitrogens is 1. The topological polar surface area (TPSA) is 3.88 Å². The van der Waals surface area contributed by atoms with Gasteiger partial charge in [0.15, 0.2) is 12.4 Å². The molecular weight excluding hydrogens is 206 g/mol. The Morgan fingerprint density at radius 2 is 1.71 bits per heavy atom. The molecule has 17 heavy (non-hydrogen) atoms. The fourth-order valence-electron chi connectivity index (χ4n) is 1.54. The summed E-state index contributed by atoms with van der Waals surface area (Å²) in [5.74, 6) is 0. The van der Waals surface area contributed by atoms with Crippen LogP contribution in [0.1, 0.15) is 11.1 Å². The van der Waals surface area contributed by atoms with Gasteiger partial charge >= 0.3 is 0 Å². The zero-order valence-corrected chi connectivity index (χ0v) is 10.0. The van der Waals surface area contributed by atoms with Crippen molar-refractivity contribution in [2.75, 3.05) is 0 Å². The van der Waals surface area contributed by atoms with Gasteiger partial charge in [0.2, 0.25) is 5.70 Å². The summed E-state index contributed by atoms with van der Waals surface area (Å²) in [5, 5.41) is 0. The highest BCUT2D eigenvalue weighted by molar-refractivity contribution is 5.60. The summed E-state index contributed by atoms with van der Waals surface area (Å²) in [4.78, 5) is 0. The summed E-state index contributed by atoms with van der Waals surface area (Å²) in [6.45, 7) is 6.12. The smallest absolute Gasteiger partial charge is 0.168 e. The highest BCUT2D eigenvalue weighted by Crippen LogP contribution is 2.03. The number of nitrogens with zero attached hydrogens (tertiary/aromatic N) is 1. The minimum absolute atomic E-state index is 0.953. The number of aryl methyl sites for hydroxylation is 1. The summed E-state index contributed by atoms with van der Waals surface area (Å²) in [7, 11) is 0. The number of allylic oxidation sites excluding steroid dienone is 2. The monoisotopic (exact) mass is 222 g/mol. The largest absolute Gasteiger partial charge is 0.203 e. The van der Waals surface area contributed by atoms with Crippen LogP contribution in [0.15, 0.2) is 67.5 Å². The van der Waals surface area contributed by atoms with Gasteiger partial charge in [-0.2, -0.15) is 4.57 Å². The van der Waals surface area contributed by atoms with Gasteiger partial charge in [-0.3, -0.25) is 0 Å². The summed E-state index contributed by atoms with van der Waals surface area (Å²) >= 11 is 0. The molecule has 84 valence electrons. The Bertz CT molecular complexity index is 521. The first kappa shape index (κ1) is 11.3. The van der Waals surface area contributed by atoms with Crippen molar-refractivity contribution in [3.63, 3.8) is 0 Å². The van der Waals surface area contributed by atoms with Crippen LogP contribution in [-0.4, -0.2) is 0 Å². The van der Waals surface area contributed by atoms with Crippen LogP contribution in [-0.2, 0) is 0 Å². The van der Waals surface area contributed by atoms with E-state index in [-0.39, 0.29) is 0 Å². The lowest BCUT2D eigenvalue weighted by atomic mass is 10.2. The average molecular weight is 222 g/mol. The second kappa shape index (κ2) is 5.26. The van der Waals surface area contributed by atoms with E-state index < -0.39 is 0 Å². The SMILES string of the molecule is C=C(/C=C/c1ccccc1)[n+]1ccc(C)cc1. The highest BCUT2D eigenvalue weighted by atomic mass is 14.9. The van der Waals surface area contributed by atoms with E-state index in [1.165, 1.54) is 11.1 Å². The van der Waals surface area contributed by atoms with E-state index in [2.05, 4.69) is 43.8 Å². The lowest BCUT2D eigenvalue weighted by Gasteiger charge is -1.95. The van der Waals surface area contributed by atoms with Crippen molar-refractivity contribution in [2.24, 2.45) is 0 Å². The third kappa shape index (κ3) is 3.15. The van der Waals surface area contributed by atoms with Gasteiger partial charge in [-0.1, -0.05) is 30.3 Å². The van der Waals surface area contributed by atoms with Crippen LogP contribution in [0.25, 0.3) is 11.8 Å². The van der Waals surface area contributed by atoms with Crippen molar-refractivity contribution in [2.45, 2.75) is 6.92 Å². The molecule has 0 radical (unpaired) electrons. The molecule has 0 aliphatic rings. The fourth-order valence-corrected chi connectivity index (χ4v) is 1.54. The fraction of sp³-hybridized carbons (Fsp3) is 0.0625. The Morgan fingerprint density at radius 3 is 2.35 bits per heavy atom. The average Bonchev–Trinajstić information content (AvgIpc) is 2.38. The van der Waals surface area contributed by atoms with E-state index in [0.717, 1.165) is 5.70 Å². The number of pyridine rings is 1. The van der Waals surface area contributed by atoms with Crippen LogP contribution >= 0.6 is 0 Å². The molecule has 0 fully saturated rings. The van der Waals surface area contributed by atoms with Gasteiger partial charge in [-0.15, -0.1) is 0 Å². The Kier molecular flexibility index (Phi) is 3.51. The van der Waals surface area contributed by atoms with Gasteiger partial charge in [0.25, 0.3) is 0 Å². The zero-order valence-electron chi connectivity index (χ0n) is 10.0. The van der Waals surface area contributed by atoms with Crippen molar-refractivity contribution in [1.29, 1.82) is 0 Å². The van der Waals surface area contributed by atoms with Gasteiger partial charge in [0.1, 0.15) is 0 Å². The minimum atomic E-state index is 0.953. The molecule has 0 N–H and O–H groups in total. The molecule has 2 aromatic rings. The summed E-state index contributed by atoms with van der Waals surface area (Å²) in [6, 6.07) is 14.4. The summed E-state index contributed by atoms with van der Waals surface area (Å²) in [6.07, 6.45) is 8.12. The third-order valence-corrected chi connectivity index (χ3v) is 2.60. The molecule has 2 rings (SSSR count). The summed E-state index contributed by atoms with van der Waals surface area (Å²) in [5.41, 5.74) is 3.39. The van der Waals surface area contributed by atoms with Crippen molar-refractivity contribution < 1.29 is 4.57 Å². The number of hydrogen-bond donors (Lipinski definition) is 0. The van der Waals surface area contributed by atoms with E-state index >= 15 is 0 Å². The van der Waals surface area contributed by atoms with Gasteiger partial charge < -0.3 is 0 Å². The predicted molar refractivity (Wildman–Crippen MR) is 72.2 cm³/mol. The van der Waals surface area contributed by atoms with E-state index in [9.17, 15) is 0 Å². The molecule has 1 aromatic carbocycles. The van der Waals surface area contributed by atoms with Crippen LogP contribution in [0.4, 0.5) is 0 Å². The van der Waals surface area contributed by atoms with Gasteiger partial charge in [-0.05, 0) is 30.7 Å². The molecule has 0 spiro atoms. The van der Waals surface area contributed by atoms with Crippen LogP contribution in [0.5, 0.6) is 0 Å². The molecule has 1 heteroatoms. The molecule has 0 aliphatic carbocycles. The van der Waals surface area contributed by atoms with Crippen molar-refractivity contribution in [1.82, 2.24) is 0 Å². The molecule has 0 amide bonds. The normalized spacial score (nSPS) is 10.6. The van der Waals surface area contributed by atoms with Crippen LogP contribution < -0.4 is 4.57 Å². The van der Waals surface area contributed by atoms with E-state index in [1.807, 2.05) is 41.2 Å². The molecular formula is C16H16N+. The molecule has 1 heterocycles. The molecule has 0 atom stereocenters. The van der Waals surface area contributed by atoms with Crippen molar-refractivity contribution in [3.8, 4) is 0 Å². The second-order valence-electron chi connectivity index (χ2n) is 4.02. The van der Waals surface area contributed by atoms with E-state index in [0.29, 0.717) is 0 Å². The molecule has 0 aliphatic heterocycles. The maximum absolute atomic E-state index is 4.05. The molecule has 1 nitrogen and oxygen atoms in total. The number of hydrogen-bond acceptors (Lipinski definition) is 0. The first-order chi connectivity index (χ1) is 8.25. The summed E-state index contributed by atoms with van der Waals surface area (Å²) < 4.78 is 2.01. The van der Waals surface area contributed by atoms with Crippen LogP contribution in [0.3, 0.4) is 0 Å². The highest BCUT2D eigenvalue weighted by Gasteiger charge is 2.01. The quantitative estimate of drug-likeness (QED) is 0.553. The van der Waals surface area contributed by atoms with E-state index in [1.54, 1.807) is 0 Å². The first-order valence-electron chi connectivity index (χ1n) is 5.66. The van der Waals surface area contributed by atoms with Gasteiger partial charge in [0.05, 0.1) is 0 Å². The number of rotatable bonds is 3. The van der Waals surface area contributed by atoms with Crippen molar-refractivity contribution in [3.05, 3.63) is 78.6 Å². The molecule has 0 unspecified atom stereocenters. The molecule has 0 bridgehead atoms. The maximum atomic E-state index is 4.05. The predicted octanol–water partition coefficient (Wildman–Crippen LogP) is 3.47. The zero-order chi connectivity index (χ0) is 12.1. The van der Waals surface area contributed by atoms with Gasteiger partial charge in [0, 0.05) is 18.2 Å². The van der Waals surface area contributed by atoms with Crippen molar-refractivity contribution >= 4 is 11.8 Å². The third-order valence-electron chi connectivity index (χ3n) is 2.60. The first-order valence-corrected chi connectivity index (χ1v) is 5.66. The standard InChI is InChI=1S/C16H16N/c1-14-10-12-17(13-11-14)15(2)8-9-16-6-4-3-5-7-16/h3-13H,2H2,1H3/q+1/b9-8+. The Hall–Kier alpha value is -2.15. The van der Waals surface area contributed by atoms with E-state index in [4.69, 9.17) is 0 Å². The Morgan fingerprint density at radius 1 is 1.06 bits per heavy atom.